The second-order valence-corrected chi connectivity index (χ2v) is 8.92. The number of carbonyl (C=O) groups excluding carboxylic acids is 1. The lowest BCUT2D eigenvalue weighted by Gasteiger charge is -2.35. The van der Waals surface area contributed by atoms with Crippen LogP contribution in [-0.2, 0) is 10.0 Å². The van der Waals surface area contributed by atoms with E-state index in [1.165, 1.54) is 18.2 Å². The summed E-state index contributed by atoms with van der Waals surface area (Å²) in [5.41, 5.74) is 1.31. The van der Waals surface area contributed by atoms with Crippen LogP contribution in [0, 0.1) is 6.92 Å². The van der Waals surface area contributed by atoms with Gasteiger partial charge in [-0.25, -0.2) is 28.3 Å². The quantitative estimate of drug-likeness (QED) is 0.782. The molecular weight excluding hydrogens is 392 g/mol. The van der Waals surface area contributed by atoms with Crippen LogP contribution in [0.25, 0.3) is 0 Å². The molecule has 0 unspecified atom stereocenters. The Balaban J connectivity index is 1.63. The molecule has 2 aromatic rings. The number of benzene rings is 1. The van der Waals surface area contributed by atoms with E-state index in [2.05, 4.69) is 34.0 Å². The van der Waals surface area contributed by atoms with Gasteiger partial charge in [0.15, 0.2) is 0 Å². The van der Waals surface area contributed by atoms with Crippen molar-refractivity contribution in [3.05, 3.63) is 41.9 Å². The van der Waals surface area contributed by atoms with Gasteiger partial charge in [0.25, 0.3) is 0 Å². The molecule has 0 radical (unpaired) electrons. The molecule has 2 amide bonds. The van der Waals surface area contributed by atoms with Crippen molar-refractivity contribution in [1.82, 2.24) is 14.9 Å². The van der Waals surface area contributed by atoms with Crippen LogP contribution in [0.4, 0.5) is 16.3 Å². The third-order valence-corrected chi connectivity index (χ3v) is 5.59. The maximum absolute atomic E-state index is 12.6. The number of hydrogen-bond donors (Lipinski definition) is 2. The summed E-state index contributed by atoms with van der Waals surface area (Å²) in [6.07, 6.45) is 0. The molecule has 10 heteroatoms. The van der Waals surface area contributed by atoms with E-state index in [-0.39, 0.29) is 16.8 Å². The molecular formula is C19H26N6O3S. The number of amides is 2. The Morgan fingerprint density at radius 2 is 1.83 bits per heavy atom. The maximum atomic E-state index is 12.6. The van der Waals surface area contributed by atoms with Crippen molar-refractivity contribution in [2.24, 2.45) is 5.14 Å². The SMILES string of the molecule is Cc1cc(N2CCN(C(=O)Nc3cccc(S(N)(=O)=O)c3)CC2)nc(C(C)C)n1. The second-order valence-electron chi connectivity index (χ2n) is 7.36. The van der Waals surface area contributed by atoms with Crippen molar-refractivity contribution in [3.8, 4) is 0 Å². The van der Waals surface area contributed by atoms with Gasteiger partial charge in [0.2, 0.25) is 10.0 Å². The average Bonchev–Trinajstić information content (AvgIpc) is 2.67. The lowest BCUT2D eigenvalue weighted by atomic mass is 10.2. The van der Waals surface area contributed by atoms with Gasteiger partial charge in [0, 0.05) is 49.5 Å². The molecule has 3 rings (SSSR count). The van der Waals surface area contributed by atoms with E-state index in [1.54, 1.807) is 11.0 Å². The largest absolute Gasteiger partial charge is 0.353 e. The first kappa shape index (κ1) is 21.0. The number of aromatic nitrogens is 2. The Morgan fingerprint density at radius 3 is 2.45 bits per heavy atom. The van der Waals surface area contributed by atoms with Crippen molar-refractivity contribution in [3.63, 3.8) is 0 Å². The summed E-state index contributed by atoms with van der Waals surface area (Å²) in [6, 6.07) is 7.58. The number of hydrogen-bond acceptors (Lipinski definition) is 6. The molecule has 1 fully saturated rings. The van der Waals surface area contributed by atoms with Crippen LogP contribution >= 0.6 is 0 Å². The number of nitrogens with two attached hydrogens (primary N) is 1. The number of anilines is 2. The molecule has 1 aromatic heterocycles. The van der Waals surface area contributed by atoms with Crippen molar-refractivity contribution in [1.29, 1.82) is 0 Å². The van der Waals surface area contributed by atoms with E-state index in [1.807, 2.05) is 13.0 Å². The summed E-state index contributed by atoms with van der Waals surface area (Å²) < 4.78 is 22.9. The fourth-order valence-electron chi connectivity index (χ4n) is 3.09. The molecule has 9 nitrogen and oxygen atoms in total. The van der Waals surface area contributed by atoms with Gasteiger partial charge in [-0.05, 0) is 25.1 Å². The molecule has 156 valence electrons. The van der Waals surface area contributed by atoms with Crippen molar-refractivity contribution >= 4 is 27.6 Å². The molecule has 0 aliphatic carbocycles. The van der Waals surface area contributed by atoms with Crippen molar-refractivity contribution in [2.45, 2.75) is 31.6 Å². The maximum Gasteiger partial charge on any atom is 0.321 e. The van der Waals surface area contributed by atoms with Crippen LogP contribution in [0.2, 0.25) is 0 Å². The van der Waals surface area contributed by atoms with Crippen LogP contribution in [0.15, 0.2) is 35.2 Å². The third-order valence-electron chi connectivity index (χ3n) is 4.68. The minimum atomic E-state index is -3.82. The van der Waals surface area contributed by atoms with Gasteiger partial charge in [-0.2, -0.15) is 0 Å². The normalized spacial score (nSPS) is 14.9. The number of nitrogens with one attached hydrogen (secondary N) is 1. The Morgan fingerprint density at radius 1 is 1.14 bits per heavy atom. The second kappa shape index (κ2) is 8.34. The Labute approximate surface area is 171 Å². The fourth-order valence-corrected chi connectivity index (χ4v) is 3.65. The van der Waals surface area contributed by atoms with E-state index in [0.29, 0.717) is 31.9 Å². The first-order chi connectivity index (χ1) is 13.6. The van der Waals surface area contributed by atoms with E-state index in [9.17, 15) is 13.2 Å². The summed E-state index contributed by atoms with van der Waals surface area (Å²) in [6.45, 7) is 8.44. The standard InChI is InChI=1S/C19H26N6O3S/c1-13(2)18-21-14(3)11-17(23-18)24-7-9-25(10-8-24)19(26)22-15-5-4-6-16(12-15)29(20,27)28/h4-6,11-13H,7-10H2,1-3H3,(H,22,26)(H2,20,27,28). The summed E-state index contributed by atoms with van der Waals surface area (Å²) in [5, 5.41) is 7.88. The number of primary sulfonamides is 1. The van der Waals surface area contributed by atoms with Gasteiger partial charge < -0.3 is 15.1 Å². The van der Waals surface area contributed by atoms with Crippen LogP contribution in [-0.4, -0.2) is 55.5 Å². The molecule has 0 atom stereocenters. The molecule has 29 heavy (non-hydrogen) atoms. The first-order valence-corrected chi connectivity index (χ1v) is 11.0. The zero-order valence-electron chi connectivity index (χ0n) is 16.8. The highest BCUT2D eigenvalue weighted by Gasteiger charge is 2.23. The molecule has 1 aliphatic heterocycles. The van der Waals surface area contributed by atoms with Crippen LogP contribution in [0.3, 0.4) is 0 Å². The van der Waals surface area contributed by atoms with Gasteiger partial charge in [0.1, 0.15) is 11.6 Å². The van der Waals surface area contributed by atoms with Crippen LogP contribution in [0.1, 0.15) is 31.3 Å². The predicted octanol–water partition coefficient (Wildman–Crippen LogP) is 1.91. The zero-order chi connectivity index (χ0) is 21.2. The number of rotatable bonds is 4. The summed E-state index contributed by atoms with van der Waals surface area (Å²) in [5.74, 6) is 1.94. The van der Waals surface area contributed by atoms with Crippen LogP contribution < -0.4 is 15.4 Å². The van der Waals surface area contributed by atoms with E-state index >= 15 is 0 Å². The Kier molecular flexibility index (Phi) is 6.04. The van der Waals surface area contributed by atoms with E-state index < -0.39 is 10.0 Å². The van der Waals surface area contributed by atoms with Gasteiger partial charge in [-0.1, -0.05) is 19.9 Å². The van der Waals surface area contributed by atoms with Crippen LogP contribution in [0.5, 0.6) is 0 Å². The Bertz CT molecular complexity index is 1000. The molecule has 0 bridgehead atoms. The summed E-state index contributed by atoms with van der Waals surface area (Å²) in [4.78, 5) is 25.5. The number of sulfonamides is 1. The number of carbonyl (C=O) groups is 1. The van der Waals surface area contributed by atoms with Gasteiger partial charge in [-0.3, -0.25) is 0 Å². The lowest BCUT2D eigenvalue weighted by Crippen LogP contribution is -2.50. The molecule has 1 aromatic carbocycles. The van der Waals surface area contributed by atoms with Gasteiger partial charge in [0.05, 0.1) is 4.90 Å². The number of piperazine rings is 1. The lowest BCUT2D eigenvalue weighted by molar-refractivity contribution is 0.208. The third kappa shape index (κ3) is 5.21. The van der Waals surface area contributed by atoms with Gasteiger partial charge >= 0.3 is 6.03 Å². The molecule has 2 heterocycles. The van der Waals surface area contributed by atoms with E-state index in [0.717, 1.165) is 17.3 Å². The topological polar surface area (TPSA) is 122 Å². The molecule has 3 N–H and O–H groups in total. The highest BCUT2D eigenvalue weighted by atomic mass is 32.2. The minimum Gasteiger partial charge on any atom is -0.353 e. The Hall–Kier alpha value is -2.72. The average molecular weight is 419 g/mol. The highest BCUT2D eigenvalue weighted by molar-refractivity contribution is 7.89. The highest BCUT2D eigenvalue weighted by Crippen LogP contribution is 2.19. The number of urea groups is 1. The summed E-state index contributed by atoms with van der Waals surface area (Å²) in [7, 11) is -3.82. The minimum absolute atomic E-state index is 0.0415. The summed E-state index contributed by atoms with van der Waals surface area (Å²) >= 11 is 0. The monoisotopic (exact) mass is 418 g/mol. The number of nitrogens with zero attached hydrogens (tertiary/aromatic N) is 4. The molecule has 1 aliphatic rings. The number of aryl methyl sites for hydroxylation is 1. The zero-order valence-corrected chi connectivity index (χ0v) is 17.6. The smallest absolute Gasteiger partial charge is 0.321 e. The predicted molar refractivity (Wildman–Crippen MR) is 111 cm³/mol. The van der Waals surface area contributed by atoms with Crippen molar-refractivity contribution < 1.29 is 13.2 Å². The van der Waals surface area contributed by atoms with Crippen molar-refractivity contribution in [2.75, 3.05) is 36.4 Å². The molecule has 0 saturated carbocycles. The van der Waals surface area contributed by atoms with E-state index in [4.69, 9.17) is 5.14 Å². The molecule has 0 spiro atoms. The first-order valence-electron chi connectivity index (χ1n) is 9.43. The fraction of sp³-hybridized carbons (Fsp3) is 0.421. The molecule has 1 saturated heterocycles. The van der Waals surface area contributed by atoms with Gasteiger partial charge in [-0.15, -0.1) is 0 Å².